The van der Waals surface area contributed by atoms with Gasteiger partial charge in [-0.3, -0.25) is 0 Å². The number of benzene rings is 1. The second-order valence-corrected chi connectivity index (χ2v) is 5.41. The lowest BCUT2D eigenvalue weighted by atomic mass is 9.82. The third-order valence-electron chi connectivity index (χ3n) is 4.04. The molecule has 1 fully saturated rings. The summed E-state index contributed by atoms with van der Waals surface area (Å²) in [7, 11) is 0. The Hall–Kier alpha value is -0.970. The molecule has 0 aromatic heterocycles. The van der Waals surface area contributed by atoms with Crippen LogP contribution in [0, 0.1) is 5.82 Å². The minimum Gasteiger partial charge on any atom is -0.396 e. The lowest BCUT2D eigenvalue weighted by Gasteiger charge is -2.39. The van der Waals surface area contributed by atoms with Crippen molar-refractivity contribution >= 4 is 0 Å². The average Bonchev–Trinajstić information content (AvgIpc) is 2.49. The number of hydrogen-bond acceptors (Lipinski definition) is 3. The zero-order chi connectivity index (χ0) is 14.3. The molecule has 0 spiro atoms. The Morgan fingerprint density at radius 3 is 2.45 bits per heavy atom. The molecule has 0 aliphatic carbocycles. The summed E-state index contributed by atoms with van der Waals surface area (Å²) in [5.41, 5.74) is 1.05. The highest BCUT2D eigenvalue weighted by Crippen LogP contribution is 2.32. The Labute approximate surface area is 120 Å². The van der Waals surface area contributed by atoms with Crippen LogP contribution in [0.4, 0.5) is 4.39 Å². The van der Waals surface area contributed by atoms with Crippen LogP contribution >= 0.6 is 0 Å². The van der Waals surface area contributed by atoms with Gasteiger partial charge in [0, 0.05) is 25.4 Å². The normalized spacial score (nSPS) is 18.1. The van der Waals surface area contributed by atoms with Crippen LogP contribution in [0.2, 0.25) is 0 Å². The SMILES string of the molecule is OCCCCCNC1(c2ccc(F)cc2)CCOCC1. The molecule has 1 saturated heterocycles. The van der Waals surface area contributed by atoms with Crippen molar-refractivity contribution in [1.82, 2.24) is 5.32 Å². The number of aliphatic hydroxyl groups excluding tert-OH is 1. The van der Waals surface area contributed by atoms with E-state index in [2.05, 4.69) is 5.32 Å². The van der Waals surface area contributed by atoms with Gasteiger partial charge in [-0.15, -0.1) is 0 Å². The molecule has 2 rings (SSSR count). The van der Waals surface area contributed by atoms with Crippen LogP contribution in [0.5, 0.6) is 0 Å². The number of ether oxygens (including phenoxy) is 1. The summed E-state index contributed by atoms with van der Waals surface area (Å²) in [6.07, 6.45) is 4.76. The molecule has 4 heteroatoms. The Bertz CT molecular complexity index is 388. The number of nitrogens with one attached hydrogen (secondary N) is 1. The second kappa shape index (κ2) is 7.72. The van der Waals surface area contributed by atoms with E-state index in [1.54, 1.807) is 0 Å². The lowest BCUT2D eigenvalue weighted by Crippen LogP contribution is -2.47. The molecule has 0 atom stereocenters. The maximum absolute atomic E-state index is 13.1. The number of rotatable bonds is 7. The predicted molar refractivity (Wildman–Crippen MR) is 77.1 cm³/mol. The van der Waals surface area contributed by atoms with Crippen molar-refractivity contribution in [3.05, 3.63) is 35.6 Å². The van der Waals surface area contributed by atoms with Gasteiger partial charge >= 0.3 is 0 Å². The summed E-state index contributed by atoms with van der Waals surface area (Å²) in [6.45, 7) is 2.65. The number of hydrogen-bond donors (Lipinski definition) is 2. The van der Waals surface area contributed by atoms with E-state index >= 15 is 0 Å². The van der Waals surface area contributed by atoms with E-state index in [9.17, 15) is 4.39 Å². The van der Waals surface area contributed by atoms with Gasteiger partial charge in [-0.25, -0.2) is 4.39 Å². The van der Waals surface area contributed by atoms with Gasteiger partial charge in [-0.1, -0.05) is 12.1 Å². The Morgan fingerprint density at radius 2 is 1.80 bits per heavy atom. The molecular weight excluding hydrogens is 257 g/mol. The number of halogens is 1. The molecule has 2 N–H and O–H groups in total. The van der Waals surface area contributed by atoms with Crippen molar-refractivity contribution < 1.29 is 14.2 Å². The van der Waals surface area contributed by atoms with Gasteiger partial charge in [-0.05, 0) is 56.3 Å². The third kappa shape index (κ3) is 4.01. The summed E-state index contributed by atoms with van der Waals surface area (Å²) in [4.78, 5) is 0. The summed E-state index contributed by atoms with van der Waals surface area (Å²) in [5.74, 6) is -0.195. The largest absolute Gasteiger partial charge is 0.396 e. The topological polar surface area (TPSA) is 41.5 Å². The van der Waals surface area contributed by atoms with Gasteiger partial charge in [0.15, 0.2) is 0 Å². The van der Waals surface area contributed by atoms with Gasteiger partial charge < -0.3 is 15.2 Å². The fourth-order valence-electron chi connectivity index (χ4n) is 2.80. The Morgan fingerprint density at radius 1 is 1.10 bits per heavy atom. The minimum absolute atomic E-state index is 0.0921. The van der Waals surface area contributed by atoms with Crippen molar-refractivity contribution in [3.63, 3.8) is 0 Å². The third-order valence-corrected chi connectivity index (χ3v) is 4.04. The van der Waals surface area contributed by atoms with Crippen molar-refractivity contribution in [2.75, 3.05) is 26.4 Å². The van der Waals surface area contributed by atoms with Crippen LogP contribution in [0.15, 0.2) is 24.3 Å². The van der Waals surface area contributed by atoms with Gasteiger partial charge in [0.25, 0.3) is 0 Å². The lowest BCUT2D eigenvalue weighted by molar-refractivity contribution is 0.0365. The zero-order valence-electron chi connectivity index (χ0n) is 11.9. The van der Waals surface area contributed by atoms with Crippen molar-refractivity contribution in [3.8, 4) is 0 Å². The molecule has 1 aromatic carbocycles. The quantitative estimate of drug-likeness (QED) is 0.755. The summed E-state index contributed by atoms with van der Waals surface area (Å²) < 4.78 is 18.6. The highest BCUT2D eigenvalue weighted by molar-refractivity contribution is 5.25. The first-order chi connectivity index (χ1) is 9.77. The number of unbranched alkanes of at least 4 members (excludes halogenated alkanes) is 2. The first-order valence-electron chi connectivity index (χ1n) is 7.46. The van der Waals surface area contributed by atoms with E-state index in [0.717, 1.165) is 57.4 Å². The predicted octanol–water partition coefficient (Wildman–Crippen LogP) is 2.58. The molecule has 0 unspecified atom stereocenters. The molecular formula is C16H24FNO2. The smallest absolute Gasteiger partial charge is 0.123 e. The highest BCUT2D eigenvalue weighted by Gasteiger charge is 2.33. The summed E-state index contributed by atoms with van der Waals surface area (Å²) >= 11 is 0. The van der Waals surface area contributed by atoms with Crippen molar-refractivity contribution in [2.24, 2.45) is 0 Å². The van der Waals surface area contributed by atoms with E-state index in [1.165, 1.54) is 12.1 Å². The first-order valence-corrected chi connectivity index (χ1v) is 7.46. The van der Waals surface area contributed by atoms with Crippen LogP contribution in [0.1, 0.15) is 37.7 Å². The van der Waals surface area contributed by atoms with Crippen molar-refractivity contribution in [1.29, 1.82) is 0 Å². The maximum Gasteiger partial charge on any atom is 0.123 e. The Balaban J connectivity index is 1.99. The van der Waals surface area contributed by atoms with Crippen LogP contribution in [-0.4, -0.2) is 31.5 Å². The molecule has 1 aliphatic rings. The molecule has 0 amide bonds. The fourth-order valence-corrected chi connectivity index (χ4v) is 2.80. The van der Waals surface area contributed by atoms with Crippen LogP contribution < -0.4 is 5.32 Å². The fraction of sp³-hybridized carbons (Fsp3) is 0.625. The summed E-state index contributed by atoms with van der Waals surface area (Å²) in [6, 6.07) is 6.81. The van der Waals surface area contributed by atoms with Crippen molar-refractivity contribution in [2.45, 2.75) is 37.6 Å². The number of aliphatic hydroxyl groups is 1. The summed E-state index contributed by atoms with van der Waals surface area (Å²) in [5, 5.41) is 12.4. The highest BCUT2D eigenvalue weighted by atomic mass is 19.1. The van der Waals surface area contributed by atoms with E-state index in [4.69, 9.17) is 9.84 Å². The standard InChI is InChI=1S/C16H24FNO2/c17-15-6-4-14(5-7-15)16(8-12-20-13-9-16)18-10-2-1-3-11-19/h4-7,18-19H,1-3,8-13H2. The van der Waals surface area contributed by atoms with Gasteiger partial charge in [-0.2, -0.15) is 0 Å². The van der Waals surface area contributed by atoms with Crippen LogP contribution in [-0.2, 0) is 10.3 Å². The molecule has 112 valence electrons. The Kier molecular flexibility index (Phi) is 5.95. The molecule has 3 nitrogen and oxygen atoms in total. The van der Waals surface area contributed by atoms with E-state index in [-0.39, 0.29) is 18.0 Å². The van der Waals surface area contributed by atoms with E-state index in [1.807, 2.05) is 12.1 Å². The monoisotopic (exact) mass is 281 g/mol. The zero-order valence-corrected chi connectivity index (χ0v) is 11.9. The molecule has 0 bridgehead atoms. The first kappa shape index (κ1) is 15.4. The second-order valence-electron chi connectivity index (χ2n) is 5.41. The van der Waals surface area contributed by atoms with E-state index < -0.39 is 0 Å². The van der Waals surface area contributed by atoms with Gasteiger partial charge in [0.2, 0.25) is 0 Å². The minimum atomic E-state index is -0.195. The average molecular weight is 281 g/mol. The van der Waals surface area contributed by atoms with Gasteiger partial charge in [0.05, 0.1) is 0 Å². The van der Waals surface area contributed by atoms with Crippen LogP contribution in [0.3, 0.4) is 0 Å². The van der Waals surface area contributed by atoms with Gasteiger partial charge in [0.1, 0.15) is 5.82 Å². The van der Waals surface area contributed by atoms with E-state index in [0.29, 0.717) is 0 Å². The molecule has 0 radical (unpaired) electrons. The molecule has 1 aliphatic heterocycles. The molecule has 1 heterocycles. The maximum atomic E-state index is 13.1. The molecule has 20 heavy (non-hydrogen) atoms. The molecule has 0 saturated carbocycles. The molecule has 1 aromatic rings. The van der Waals surface area contributed by atoms with Crippen LogP contribution in [0.25, 0.3) is 0 Å².